The number of nitrogens with one attached hydrogen (secondary N) is 2. The SMILES string of the molecule is c1ccc2[nH]c(-c3ccc(-c4nc5ccccc5[nH]4)nc3)nc2c1. The van der Waals surface area contributed by atoms with Gasteiger partial charge in [0.15, 0.2) is 5.82 Å². The van der Waals surface area contributed by atoms with E-state index in [-0.39, 0.29) is 0 Å². The highest BCUT2D eigenvalue weighted by molar-refractivity contribution is 5.80. The second kappa shape index (κ2) is 5.03. The van der Waals surface area contributed by atoms with Gasteiger partial charge in [-0.15, -0.1) is 0 Å². The van der Waals surface area contributed by atoms with Gasteiger partial charge in [0.25, 0.3) is 0 Å². The van der Waals surface area contributed by atoms with Crippen LogP contribution in [0.3, 0.4) is 0 Å². The van der Waals surface area contributed by atoms with Gasteiger partial charge in [-0.3, -0.25) is 4.98 Å². The zero-order chi connectivity index (χ0) is 15.9. The van der Waals surface area contributed by atoms with E-state index in [2.05, 4.69) is 24.9 Å². The maximum absolute atomic E-state index is 4.60. The molecule has 0 amide bonds. The second-order valence-corrected chi connectivity index (χ2v) is 5.64. The Bertz CT molecular complexity index is 992. The number of rotatable bonds is 2. The van der Waals surface area contributed by atoms with Crippen molar-refractivity contribution in [3.63, 3.8) is 0 Å². The van der Waals surface area contributed by atoms with Crippen molar-refractivity contribution in [2.45, 2.75) is 0 Å². The molecule has 2 N–H and O–H groups in total. The van der Waals surface area contributed by atoms with Crippen LogP contribution in [0.5, 0.6) is 0 Å². The smallest absolute Gasteiger partial charge is 0.157 e. The first-order valence-electron chi connectivity index (χ1n) is 7.73. The lowest BCUT2D eigenvalue weighted by atomic mass is 10.2. The van der Waals surface area contributed by atoms with Crippen LogP contribution in [0.2, 0.25) is 0 Å². The number of aromatic amines is 2. The molecule has 0 unspecified atom stereocenters. The van der Waals surface area contributed by atoms with Crippen LogP contribution in [-0.2, 0) is 0 Å². The lowest BCUT2D eigenvalue weighted by molar-refractivity contribution is 1.22. The van der Waals surface area contributed by atoms with Crippen LogP contribution in [0.1, 0.15) is 0 Å². The molecule has 3 heterocycles. The minimum atomic E-state index is 0.771. The van der Waals surface area contributed by atoms with E-state index in [1.165, 1.54) is 0 Å². The van der Waals surface area contributed by atoms with Crippen LogP contribution in [-0.4, -0.2) is 24.9 Å². The van der Waals surface area contributed by atoms with Gasteiger partial charge in [0.1, 0.15) is 11.5 Å². The van der Waals surface area contributed by atoms with Crippen LogP contribution in [0.15, 0.2) is 66.9 Å². The number of hydrogen-bond acceptors (Lipinski definition) is 3. The zero-order valence-corrected chi connectivity index (χ0v) is 12.7. The van der Waals surface area contributed by atoms with Crippen molar-refractivity contribution < 1.29 is 0 Å². The number of para-hydroxylation sites is 4. The van der Waals surface area contributed by atoms with E-state index in [0.717, 1.165) is 45.0 Å². The van der Waals surface area contributed by atoms with Gasteiger partial charge in [0, 0.05) is 11.8 Å². The summed E-state index contributed by atoms with van der Waals surface area (Å²) in [7, 11) is 0. The topological polar surface area (TPSA) is 70.2 Å². The largest absolute Gasteiger partial charge is 0.338 e. The van der Waals surface area contributed by atoms with Crippen LogP contribution in [0, 0.1) is 0 Å². The standard InChI is InChI=1S/C19H13N5/c1-2-6-14-13(5-1)21-18(22-14)12-9-10-17(20-11-12)19-23-15-7-3-4-8-16(15)24-19/h1-11H,(H,21,22)(H,23,24). The van der Waals surface area contributed by atoms with Crippen molar-refractivity contribution in [1.82, 2.24) is 24.9 Å². The Kier molecular flexibility index (Phi) is 2.72. The first-order chi connectivity index (χ1) is 11.9. The molecule has 2 aromatic carbocycles. The van der Waals surface area contributed by atoms with Gasteiger partial charge in [-0.05, 0) is 36.4 Å². The highest BCUT2D eigenvalue weighted by Gasteiger charge is 2.08. The number of aromatic nitrogens is 5. The van der Waals surface area contributed by atoms with E-state index in [4.69, 9.17) is 0 Å². The van der Waals surface area contributed by atoms with Crippen LogP contribution in [0.4, 0.5) is 0 Å². The van der Waals surface area contributed by atoms with Crippen molar-refractivity contribution >= 4 is 22.1 Å². The third kappa shape index (κ3) is 2.06. The van der Waals surface area contributed by atoms with Crippen molar-refractivity contribution in [2.75, 3.05) is 0 Å². The number of hydrogen-bond donors (Lipinski definition) is 2. The predicted octanol–water partition coefficient (Wildman–Crippen LogP) is 4.17. The molecule has 5 aromatic rings. The van der Waals surface area contributed by atoms with Gasteiger partial charge in [0.05, 0.1) is 22.1 Å². The molecule has 0 saturated carbocycles. The summed E-state index contributed by atoms with van der Waals surface area (Å²) in [5.41, 5.74) is 5.69. The van der Waals surface area contributed by atoms with E-state index < -0.39 is 0 Å². The first kappa shape index (κ1) is 13.0. The third-order valence-corrected chi connectivity index (χ3v) is 4.06. The summed E-state index contributed by atoms with van der Waals surface area (Å²) < 4.78 is 0. The highest BCUT2D eigenvalue weighted by Crippen LogP contribution is 2.23. The molecule has 3 aromatic heterocycles. The van der Waals surface area contributed by atoms with Crippen molar-refractivity contribution in [2.24, 2.45) is 0 Å². The van der Waals surface area contributed by atoms with E-state index >= 15 is 0 Å². The molecule has 5 rings (SSSR count). The second-order valence-electron chi connectivity index (χ2n) is 5.64. The van der Waals surface area contributed by atoms with Crippen molar-refractivity contribution in [3.05, 3.63) is 66.9 Å². The molecule has 0 atom stereocenters. The molecule has 0 aliphatic heterocycles. The molecular weight excluding hydrogens is 298 g/mol. The van der Waals surface area contributed by atoms with Gasteiger partial charge in [-0.2, -0.15) is 0 Å². The highest BCUT2D eigenvalue weighted by atomic mass is 15.0. The Morgan fingerprint density at radius 1 is 0.625 bits per heavy atom. The number of pyridine rings is 1. The van der Waals surface area contributed by atoms with Gasteiger partial charge < -0.3 is 9.97 Å². The number of H-pyrrole nitrogens is 2. The molecule has 114 valence electrons. The predicted molar refractivity (Wildman–Crippen MR) is 94.4 cm³/mol. The van der Waals surface area contributed by atoms with Crippen LogP contribution >= 0.6 is 0 Å². The average Bonchev–Trinajstić information content (AvgIpc) is 3.25. The van der Waals surface area contributed by atoms with E-state index in [1.54, 1.807) is 0 Å². The number of imidazole rings is 2. The fraction of sp³-hybridized carbons (Fsp3) is 0. The first-order valence-corrected chi connectivity index (χ1v) is 7.73. The van der Waals surface area contributed by atoms with Crippen molar-refractivity contribution in [1.29, 1.82) is 0 Å². The summed E-state index contributed by atoms with van der Waals surface area (Å²) in [5, 5.41) is 0. The van der Waals surface area contributed by atoms with E-state index in [0.29, 0.717) is 0 Å². The molecule has 0 radical (unpaired) electrons. The Morgan fingerprint density at radius 3 is 1.88 bits per heavy atom. The Morgan fingerprint density at radius 2 is 1.25 bits per heavy atom. The molecule has 0 bridgehead atoms. The summed E-state index contributed by atoms with van der Waals surface area (Å²) in [4.78, 5) is 20.3. The van der Waals surface area contributed by atoms with E-state index in [9.17, 15) is 0 Å². The third-order valence-electron chi connectivity index (χ3n) is 4.06. The minimum Gasteiger partial charge on any atom is -0.338 e. The lowest BCUT2D eigenvalue weighted by Gasteiger charge is -1.98. The fourth-order valence-corrected chi connectivity index (χ4v) is 2.84. The summed E-state index contributed by atoms with van der Waals surface area (Å²) in [6.45, 7) is 0. The molecular formula is C19H13N5. The molecule has 5 heteroatoms. The lowest BCUT2D eigenvalue weighted by Crippen LogP contribution is -1.87. The van der Waals surface area contributed by atoms with Gasteiger partial charge in [0.2, 0.25) is 0 Å². The Labute approximate surface area is 137 Å². The Balaban J connectivity index is 1.54. The van der Waals surface area contributed by atoms with Gasteiger partial charge in [-0.25, -0.2) is 9.97 Å². The fourth-order valence-electron chi connectivity index (χ4n) is 2.84. The zero-order valence-electron chi connectivity index (χ0n) is 12.7. The number of nitrogens with zero attached hydrogens (tertiary/aromatic N) is 3. The molecule has 5 nitrogen and oxygen atoms in total. The van der Waals surface area contributed by atoms with Crippen molar-refractivity contribution in [3.8, 4) is 22.9 Å². The van der Waals surface area contributed by atoms with Gasteiger partial charge in [-0.1, -0.05) is 24.3 Å². The summed E-state index contributed by atoms with van der Waals surface area (Å²) in [6.07, 6.45) is 1.82. The Hall–Kier alpha value is -3.47. The normalized spacial score (nSPS) is 11.3. The quantitative estimate of drug-likeness (QED) is 0.514. The molecule has 0 aliphatic carbocycles. The maximum atomic E-state index is 4.60. The van der Waals surface area contributed by atoms with E-state index in [1.807, 2.05) is 66.9 Å². The van der Waals surface area contributed by atoms with Crippen LogP contribution < -0.4 is 0 Å². The molecule has 0 spiro atoms. The van der Waals surface area contributed by atoms with Gasteiger partial charge >= 0.3 is 0 Å². The monoisotopic (exact) mass is 311 g/mol. The molecule has 0 saturated heterocycles. The molecule has 24 heavy (non-hydrogen) atoms. The van der Waals surface area contributed by atoms with Crippen LogP contribution in [0.25, 0.3) is 45.0 Å². The summed E-state index contributed by atoms with van der Waals surface area (Å²) in [5.74, 6) is 1.59. The molecule has 0 fully saturated rings. The summed E-state index contributed by atoms with van der Waals surface area (Å²) in [6, 6.07) is 19.9. The number of fused-ring (bicyclic) bond motifs is 2. The number of benzene rings is 2. The minimum absolute atomic E-state index is 0.771. The summed E-state index contributed by atoms with van der Waals surface area (Å²) >= 11 is 0. The maximum Gasteiger partial charge on any atom is 0.157 e. The average molecular weight is 311 g/mol. The molecule has 0 aliphatic rings.